The van der Waals surface area contributed by atoms with Crippen LogP contribution in [0, 0.1) is 6.92 Å². The fourth-order valence-electron chi connectivity index (χ4n) is 3.53. The van der Waals surface area contributed by atoms with Gasteiger partial charge in [0.15, 0.2) is 0 Å². The van der Waals surface area contributed by atoms with Crippen LogP contribution in [0.2, 0.25) is 0 Å². The van der Waals surface area contributed by atoms with Gasteiger partial charge in [0.05, 0.1) is 29.3 Å². The Hall–Kier alpha value is -3.65. The molecule has 0 atom stereocenters. The predicted molar refractivity (Wildman–Crippen MR) is 126 cm³/mol. The van der Waals surface area contributed by atoms with Crippen molar-refractivity contribution in [2.75, 3.05) is 11.0 Å². The Morgan fingerprint density at radius 3 is 2.59 bits per heavy atom. The SMILES string of the molecule is Cc1ccc(C(=O)NCc2cccc(Cn3cnc4ccccc43)c2)cc1NS(C)(=O)=O. The first-order chi connectivity index (χ1) is 15.3. The molecule has 0 radical (unpaired) electrons. The fraction of sp³-hybridized carbons (Fsp3) is 0.167. The van der Waals surface area contributed by atoms with Gasteiger partial charge in [-0.1, -0.05) is 42.5 Å². The van der Waals surface area contributed by atoms with Crippen molar-refractivity contribution < 1.29 is 13.2 Å². The summed E-state index contributed by atoms with van der Waals surface area (Å²) in [6.45, 7) is 2.82. The number of hydrogen-bond donors (Lipinski definition) is 2. The van der Waals surface area contributed by atoms with Crippen molar-refractivity contribution in [3.8, 4) is 0 Å². The summed E-state index contributed by atoms with van der Waals surface area (Å²) in [6, 6.07) is 21.0. The van der Waals surface area contributed by atoms with Crippen molar-refractivity contribution in [1.82, 2.24) is 14.9 Å². The molecule has 0 saturated heterocycles. The Labute approximate surface area is 187 Å². The van der Waals surface area contributed by atoms with Crippen LogP contribution in [0.3, 0.4) is 0 Å². The van der Waals surface area contributed by atoms with Crippen LogP contribution in [-0.4, -0.2) is 30.1 Å². The Kier molecular flexibility index (Phi) is 5.96. The highest BCUT2D eigenvalue weighted by Crippen LogP contribution is 2.19. The smallest absolute Gasteiger partial charge is 0.251 e. The number of nitrogens with one attached hydrogen (secondary N) is 2. The zero-order chi connectivity index (χ0) is 22.7. The molecule has 1 heterocycles. The average molecular weight is 449 g/mol. The molecule has 1 amide bonds. The lowest BCUT2D eigenvalue weighted by atomic mass is 10.1. The van der Waals surface area contributed by atoms with Crippen LogP contribution in [0.1, 0.15) is 27.0 Å². The molecule has 4 rings (SSSR count). The molecular formula is C24H24N4O3S. The molecule has 0 aliphatic heterocycles. The number of rotatable bonds is 7. The molecule has 4 aromatic rings. The lowest BCUT2D eigenvalue weighted by molar-refractivity contribution is 0.0951. The summed E-state index contributed by atoms with van der Waals surface area (Å²) in [6.07, 6.45) is 2.91. The maximum atomic E-state index is 12.6. The molecule has 3 aromatic carbocycles. The van der Waals surface area contributed by atoms with E-state index in [1.54, 1.807) is 25.1 Å². The third-order valence-corrected chi connectivity index (χ3v) is 5.71. The third-order valence-electron chi connectivity index (χ3n) is 5.12. The van der Waals surface area contributed by atoms with E-state index in [1.807, 2.05) is 48.8 Å². The molecule has 0 saturated carbocycles. The van der Waals surface area contributed by atoms with Gasteiger partial charge in [-0.3, -0.25) is 9.52 Å². The normalized spacial score (nSPS) is 11.4. The summed E-state index contributed by atoms with van der Waals surface area (Å²) in [5.74, 6) is -0.271. The van der Waals surface area contributed by atoms with Gasteiger partial charge in [-0.05, 0) is 47.9 Å². The van der Waals surface area contributed by atoms with Gasteiger partial charge in [0, 0.05) is 18.7 Å². The van der Waals surface area contributed by atoms with Crippen molar-refractivity contribution in [2.45, 2.75) is 20.0 Å². The summed E-state index contributed by atoms with van der Waals surface area (Å²) >= 11 is 0. The highest BCUT2D eigenvalue weighted by atomic mass is 32.2. The fourth-order valence-corrected chi connectivity index (χ4v) is 4.15. The Balaban J connectivity index is 1.44. The molecule has 1 aromatic heterocycles. The second-order valence-corrected chi connectivity index (χ2v) is 9.52. The van der Waals surface area contributed by atoms with E-state index in [-0.39, 0.29) is 5.91 Å². The van der Waals surface area contributed by atoms with Gasteiger partial charge < -0.3 is 9.88 Å². The first-order valence-corrected chi connectivity index (χ1v) is 12.0. The Morgan fingerprint density at radius 1 is 1.00 bits per heavy atom. The minimum atomic E-state index is -3.43. The largest absolute Gasteiger partial charge is 0.348 e. The van der Waals surface area contributed by atoms with Gasteiger partial charge in [0.2, 0.25) is 10.0 Å². The van der Waals surface area contributed by atoms with Gasteiger partial charge in [-0.25, -0.2) is 13.4 Å². The zero-order valence-electron chi connectivity index (χ0n) is 17.9. The van der Waals surface area contributed by atoms with E-state index in [9.17, 15) is 13.2 Å². The number of carbonyl (C=O) groups excluding carboxylic acids is 1. The van der Waals surface area contributed by atoms with E-state index in [1.165, 1.54) is 0 Å². The summed E-state index contributed by atoms with van der Waals surface area (Å²) < 4.78 is 27.6. The van der Waals surface area contributed by atoms with E-state index in [0.717, 1.165) is 34.0 Å². The molecule has 0 unspecified atom stereocenters. The number of sulfonamides is 1. The molecule has 0 bridgehead atoms. The minimum absolute atomic E-state index is 0.271. The van der Waals surface area contributed by atoms with Crippen LogP contribution in [-0.2, 0) is 23.1 Å². The van der Waals surface area contributed by atoms with E-state index in [4.69, 9.17) is 0 Å². The maximum absolute atomic E-state index is 12.6. The minimum Gasteiger partial charge on any atom is -0.348 e. The molecule has 8 heteroatoms. The van der Waals surface area contributed by atoms with Crippen molar-refractivity contribution in [2.24, 2.45) is 0 Å². The van der Waals surface area contributed by atoms with Crippen LogP contribution in [0.15, 0.2) is 73.1 Å². The quantitative estimate of drug-likeness (QED) is 0.451. The predicted octanol–water partition coefficient (Wildman–Crippen LogP) is 3.69. The molecule has 2 N–H and O–H groups in total. The Morgan fingerprint density at radius 2 is 1.78 bits per heavy atom. The van der Waals surface area contributed by atoms with Gasteiger partial charge in [0.1, 0.15) is 0 Å². The lowest BCUT2D eigenvalue weighted by Crippen LogP contribution is -2.23. The second-order valence-electron chi connectivity index (χ2n) is 7.77. The number of fused-ring (bicyclic) bond motifs is 1. The Bertz CT molecular complexity index is 1390. The third kappa shape index (κ3) is 5.15. The van der Waals surface area contributed by atoms with E-state index >= 15 is 0 Å². The molecule has 0 aliphatic rings. The first-order valence-electron chi connectivity index (χ1n) is 10.1. The molecular weight excluding hydrogens is 424 g/mol. The number of hydrogen-bond acceptors (Lipinski definition) is 4. The standard InChI is InChI=1S/C24H24N4O3S/c1-17-10-11-20(13-22(17)27-32(2,30)31)24(29)25-14-18-6-5-7-19(12-18)15-28-16-26-21-8-3-4-9-23(21)28/h3-13,16,27H,14-15H2,1-2H3,(H,25,29). The highest BCUT2D eigenvalue weighted by molar-refractivity contribution is 7.92. The van der Waals surface area contributed by atoms with Crippen molar-refractivity contribution in [1.29, 1.82) is 0 Å². The number of carbonyl (C=O) groups is 1. The zero-order valence-corrected chi connectivity index (χ0v) is 18.7. The highest BCUT2D eigenvalue weighted by Gasteiger charge is 2.11. The van der Waals surface area contributed by atoms with Crippen LogP contribution in [0.25, 0.3) is 11.0 Å². The van der Waals surface area contributed by atoms with Crippen LogP contribution in [0.4, 0.5) is 5.69 Å². The lowest BCUT2D eigenvalue weighted by Gasteiger charge is -2.11. The van der Waals surface area contributed by atoms with Gasteiger partial charge in [-0.2, -0.15) is 0 Å². The molecule has 32 heavy (non-hydrogen) atoms. The number of imidazole rings is 1. The number of amides is 1. The number of nitrogens with zero attached hydrogens (tertiary/aromatic N) is 2. The first kappa shape index (κ1) is 21.6. The number of anilines is 1. The van der Waals surface area contributed by atoms with Gasteiger partial charge in [0.25, 0.3) is 5.91 Å². The number of aromatic nitrogens is 2. The topological polar surface area (TPSA) is 93.1 Å². The summed E-state index contributed by atoms with van der Waals surface area (Å²) in [7, 11) is -3.43. The number of para-hydroxylation sites is 2. The summed E-state index contributed by atoms with van der Waals surface area (Å²) in [4.78, 5) is 17.1. The average Bonchev–Trinajstić information content (AvgIpc) is 3.16. The molecule has 0 spiro atoms. The van der Waals surface area contributed by atoms with E-state index in [0.29, 0.717) is 24.3 Å². The molecule has 164 valence electrons. The van der Waals surface area contributed by atoms with Crippen molar-refractivity contribution in [3.63, 3.8) is 0 Å². The molecule has 0 aliphatic carbocycles. The van der Waals surface area contributed by atoms with Gasteiger partial charge >= 0.3 is 0 Å². The van der Waals surface area contributed by atoms with Crippen LogP contribution < -0.4 is 10.0 Å². The van der Waals surface area contributed by atoms with Crippen molar-refractivity contribution >= 4 is 32.7 Å². The van der Waals surface area contributed by atoms with E-state index in [2.05, 4.69) is 25.7 Å². The van der Waals surface area contributed by atoms with E-state index < -0.39 is 10.0 Å². The molecule has 0 fully saturated rings. The summed E-state index contributed by atoms with van der Waals surface area (Å²) in [5, 5.41) is 2.91. The number of aryl methyl sites for hydroxylation is 1. The summed E-state index contributed by atoms with van der Waals surface area (Å²) in [5.41, 5.74) is 5.64. The maximum Gasteiger partial charge on any atom is 0.251 e. The van der Waals surface area contributed by atoms with Gasteiger partial charge in [-0.15, -0.1) is 0 Å². The second kappa shape index (κ2) is 8.84. The number of benzene rings is 3. The van der Waals surface area contributed by atoms with Crippen LogP contribution in [0.5, 0.6) is 0 Å². The monoisotopic (exact) mass is 448 g/mol. The molecule has 7 nitrogen and oxygen atoms in total. The van der Waals surface area contributed by atoms with Crippen LogP contribution >= 0.6 is 0 Å². The van der Waals surface area contributed by atoms with Crippen molar-refractivity contribution in [3.05, 3.63) is 95.3 Å².